The molecule has 0 aliphatic carbocycles. The molecular weight excluding hydrogens is 514 g/mol. The number of benzene rings is 1. The Morgan fingerprint density at radius 1 is 1.07 bits per heavy atom. The average molecular weight is 566 g/mol. The highest BCUT2D eigenvalue weighted by Gasteiger charge is 2.36. The zero-order valence-corrected chi connectivity index (χ0v) is 26.4. The van der Waals surface area contributed by atoms with Crippen LogP contribution in [0.25, 0.3) is 0 Å². The number of hydrogen-bond donors (Lipinski definition) is 1. The number of rotatable bonds is 13. The van der Waals surface area contributed by atoms with E-state index in [1.165, 1.54) is 0 Å². The van der Waals surface area contributed by atoms with Gasteiger partial charge in [0, 0.05) is 31.8 Å². The maximum absolute atomic E-state index is 13.9. The Balaban J connectivity index is 2.25. The Morgan fingerprint density at radius 2 is 1.73 bits per heavy atom. The minimum absolute atomic E-state index is 0.0340. The van der Waals surface area contributed by atoms with Crippen LogP contribution in [-0.2, 0) is 20.9 Å². The molecule has 226 valence electrons. The molecule has 0 aromatic heterocycles. The molecule has 8 nitrogen and oxygen atoms in total. The zero-order valence-electron chi connectivity index (χ0n) is 26.4. The zero-order chi connectivity index (χ0) is 30.7. The van der Waals surface area contributed by atoms with Gasteiger partial charge in [0.25, 0.3) is 0 Å². The number of likely N-dealkylation sites (N-methyl/N-ethyl adjacent to an activating group) is 1. The molecule has 0 radical (unpaired) electrons. The average Bonchev–Trinajstić information content (AvgIpc) is 2.95. The van der Waals surface area contributed by atoms with E-state index in [9.17, 15) is 14.4 Å². The molecule has 1 aliphatic rings. The minimum atomic E-state index is -0.667. The van der Waals surface area contributed by atoms with E-state index in [1.54, 1.807) is 23.8 Å². The van der Waals surface area contributed by atoms with E-state index in [1.807, 2.05) is 64.1 Å². The monoisotopic (exact) mass is 565 g/mol. The van der Waals surface area contributed by atoms with Crippen molar-refractivity contribution >= 4 is 17.7 Å². The van der Waals surface area contributed by atoms with Crippen molar-refractivity contribution < 1.29 is 14.4 Å². The van der Waals surface area contributed by atoms with Gasteiger partial charge in [0.2, 0.25) is 17.7 Å². The summed E-state index contributed by atoms with van der Waals surface area (Å²) in [5.74, 6) is -0.476. The largest absolute Gasteiger partial charge is 0.343 e. The van der Waals surface area contributed by atoms with Gasteiger partial charge in [0.1, 0.15) is 6.04 Å². The Bertz CT molecular complexity index is 1080. The Morgan fingerprint density at radius 3 is 2.29 bits per heavy atom. The summed E-state index contributed by atoms with van der Waals surface area (Å²) in [6.45, 7) is 15.5. The molecule has 1 heterocycles. The lowest BCUT2D eigenvalue weighted by Crippen LogP contribution is -2.58. The third-order valence-corrected chi connectivity index (χ3v) is 7.97. The lowest BCUT2D eigenvalue weighted by molar-refractivity contribution is -0.140. The third-order valence-electron chi connectivity index (χ3n) is 7.97. The lowest BCUT2D eigenvalue weighted by Gasteiger charge is -2.39. The highest BCUT2D eigenvalue weighted by Crippen LogP contribution is 2.22. The van der Waals surface area contributed by atoms with E-state index >= 15 is 0 Å². The summed E-state index contributed by atoms with van der Waals surface area (Å²) in [4.78, 5) is 46.4. The second kappa shape index (κ2) is 16.3. The van der Waals surface area contributed by atoms with Crippen molar-refractivity contribution in [3.8, 4) is 6.07 Å². The smallest absolute Gasteiger partial charge is 0.249 e. The minimum Gasteiger partial charge on any atom is -0.343 e. The number of amides is 3. The second-order valence-corrected chi connectivity index (χ2v) is 12.2. The summed E-state index contributed by atoms with van der Waals surface area (Å²) < 4.78 is 0. The van der Waals surface area contributed by atoms with E-state index in [-0.39, 0.29) is 54.1 Å². The molecule has 1 N–H and O–H groups in total. The van der Waals surface area contributed by atoms with Gasteiger partial charge in [-0.05, 0) is 57.6 Å². The molecule has 2 rings (SSSR count). The van der Waals surface area contributed by atoms with E-state index in [2.05, 4.69) is 30.1 Å². The van der Waals surface area contributed by atoms with Crippen LogP contribution in [0.5, 0.6) is 0 Å². The van der Waals surface area contributed by atoms with Gasteiger partial charge in [-0.1, -0.05) is 70.5 Å². The molecule has 1 aromatic rings. The predicted molar refractivity (Wildman–Crippen MR) is 163 cm³/mol. The molecule has 41 heavy (non-hydrogen) atoms. The summed E-state index contributed by atoms with van der Waals surface area (Å²) in [6, 6.07) is 10.9. The molecule has 1 aliphatic heterocycles. The van der Waals surface area contributed by atoms with E-state index in [0.29, 0.717) is 18.7 Å². The quantitative estimate of drug-likeness (QED) is 0.348. The van der Waals surface area contributed by atoms with Crippen LogP contribution >= 0.6 is 0 Å². The molecule has 1 unspecified atom stereocenters. The van der Waals surface area contributed by atoms with Gasteiger partial charge in [-0.3, -0.25) is 19.3 Å². The summed E-state index contributed by atoms with van der Waals surface area (Å²) in [7, 11) is 1.75. The number of nitrogens with zero attached hydrogens (tertiary/aromatic N) is 4. The first-order valence-corrected chi connectivity index (χ1v) is 15.1. The van der Waals surface area contributed by atoms with Crippen molar-refractivity contribution in [3.05, 3.63) is 47.5 Å². The van der Waals surface area contributed by atoms with Crippen LogP contribution < -0.4 is 5.32 Å². The van der Waals surface area contributed by atoms with Crippen molar-refractivity contribution in [1.29, 1.82) is 5.26 Å². The van der Waals surface area contributed by atoms with Gasteiger partial charge in [-0.25, -0.2) is 0 Å². The van der Waals surface area contributed by atoms with Crippen molar-refractivity contribution in [2.75, 3.05) is 20.1 Å². The molecule has 1 aromatic carbocycles. The molecule has 0 bridgehead atoms. The Hall–Kier alpha value is -3.18. The molecule has 3 amide bonds. The van der Waals surface area contributed by atoms with Crippen LogP contribution in [0.1, 0.15) is 79.7 Å². The molecular formula is C33H51N5O3. The lowest BCUT2D eigenvalue weighted by atomic mass is 9.95. The molecule has 0 saturated carbocycles. The van der Waals surface area contributed by atoms with Crippen molar-refractivity contribution in [2.24, 2.45) is 11.8 Å². The maximum Gasteiger partial charge on any atom is 0.249 e. The number of nitrogens with one attached hydrogen (secondary N) is 1. The fourth-order valence-electron chi connectivity index (χ4n) is 5.55. The maximum atomic E-state index is 13.9. The van der Waals surface area contributed by atoms with E-state index in [0.717, 1.165) is 31.4 Å². The fraction of sp³-hybridized carbons (Fsp3) is 0.636. The topological polar surface area (TPSA) is 96.8 Å². The summed E-state index contributed by atoms with van der Waals surface area (Å²) in [5.41, 5.74) is 1.51. The van der Waals surface area contributed by atoms with Gasteiger partial charge in [0.05, 0.1) is 24.6 Å². The van der Waals surface area contributed by atoms with Gasteiger partial charge >= 0.3 is 0 Å². The number of carbonyl (C=O) groups excluding carboxylic acids is 3. The van der Waals surface area contributed by atoms with E-state index < -0.39 is 6.04 Å². The van der Waals surface area contributed by atoms with Crippen LogP contribution in [0.15, 0.2) is 42.0 Å². The molecule has 0 spiro atoms. The highest BCUT2D eigenvalue weighted by atomic mass is 16.2. The van der Waals surface area contributed by atoms with Gasteiger partial charge in [0.15, 0.2) is 0 Å². The fourth-order valence-corrected chi connectivity index (χ4v) is 5.55. The van der Waals surface area contributed by atoms with Crippen molar-refractivity contribution in [2.45, 2.75) is 105 Å². The molecule has 1 saturated heterocycles. The standard InChI is InChI=1S/C33H51N5O3/c1-23(2)29(21-26(7)32(40)37(19-14-18-34)22-27-15-10-9-11-16-27)36(8)33(41)30(24(3)4)35-31(39)28-17-12-13-20-38(28)25(5)6/h9-11,15-16,21,23-25,28-30H,12-14,17,19-20,22H2,1-8H3,(H,35,39)/b26-21+/t28?,29-,30+/m1/s1. The van der Waals surface area contributed by atoms with Gasteiger partial charge < -0.3 is 15.1 Å². The number of nitriles is 1. The first-order valence-electron chi connectivity index (χ1n) is 15.1. The predicted octanol–water partition coefficient (Wildman–Crippen LogP) is 4.76. The van der Waals surface area contributed by atoms with Gasteiger partial charge in [-0.2, -0.15) is 5.26 Å². The summed E-state index contributed by atoms with van der Waals surface area (Å²) in [5, 5.41) is 12.3. The number of piperidine rings is 1. The van der Waals surface area contributed by atoms with Crippen molar-refractivity contribution in [3.63, 3.8) is 0 Å². The van der Waals surface area contributed by atoms with Crippen LogP contribution in [-0.4, -0.2) is 76.7 Å². The number of hydrogen-bond acceptors (Lipinski definition) is 5. The molecule has 3 atom stereocenters. The highest BCUT2D eigenvalue weighted by molar-refractivity contribution is 5.93. The Labute approximate surface area is 247 Å². The van der Waals surface area contributed by atoms with Crippen LogP contribution in [0, 0.1) is 23.2 Å². The Kier molecular flexibility index (Phi) is 13.5. The third kappa shape index (κ3) is 9.71. The van der Waals surface area contributed by atoms with Crippen LogP contribution in [0.3, 0.4) is 0 Å². The summed E-state index contributed by atoms with van der Waals surface area (Å²) in [6.07, 6.45) is 4.98. The SMILES string of the molecule is C/C(=C\[C@H](C(C)C)N(C)C(=O)[C@@H](NC(=O)C1CCCCN1C(C)C)C(C)C)C(=O)N(CCC#N)Cc1ccccc1. The number of likely N-dealkylation sites (tertiary alicyclic amines) is 1. The normalized spacial score (nSPS) is 17.7. The first-order chi connectivity index (χ1) is 19.4. The van der Waals surface area contributed by atoms with E-state index in [4.69, 9.17) is 5.26 Å². The second-order valence-electron chi connectivity index (χ2n) is 12.2. The molecule has 1 fully saturated rings. The summed E-state index contributed by atoms with van der Waals surface area (Å²) >= 11 is 0. The van der Waals surface area contributed by atoms with Crippen LogP contribution in [0.4, 0.5) is 0 Å². The van der Waals surface area contributed by atoms with Crippen molar-refractivity contribution in [1.82, 2.24) is 20.0 Å². The number of carbonyl (C=O) groups is 3. The van der Waals surface area contributed by atoms with Crippen LogP contribution in [0.2, 0.25) is 0 Å². The van der Waals surface area contributed by atoms with Gasteiger partial charge in [-0.15, -0.1) is 0 Å². The molecule has 8 heteroatoms. The first kappa shape index (κ1) is 34.0.